The highest BCUT2D eigenvalue weighted by atomic mass is 16.1. The molecule has 3 atom stereocenters. The highest BCUT2D eigenvalue weighted by Crippen LogP contribution is 2.46. The molecule has 0 amide bonds. The molecule has 2 bridgehead atoms. The van der Waals surface area contributed by atoms with Crippen molar-refractivity contribution in [1.29, 1.82) is 0 Å². The van der Waals surface area contributed by atoms with E-state index in [1.807, 2.05) is 6.07 Å². The van der Waals surface area contributed by atoms with E-state index >= 15 is 0 Å². The van der Waals surface area contributed by atoms with Crippen molar-refractivity contribution in [3.63, 3.8) is 0 Å². The average Bonchev–Trinajstić information content (AvgIpc) is 2.33. The van der Waals surface area contributed by atoms with E-state index in [1.165, 1.54) is 17.5 Å². The first-order valence-electron chi connectivity index (χ1n) is 6.90. The Hall–Kier alpha value is -1.15. The molecule has 3 rings (SSSR count). The van der Waals surface area contributed by atoms with E-state index in [-0.39, 0.29) is 11.2 Å². The first kappa shape index (κ1) is 11.9. The summed E-state index contributed by atoms with van der Waals surface area (Å²) in [6.07, 6.45) is 2.27. The van der Waals surface area contributed by atoms with Gasteiger partial charge in [-0.3, -0.25) is 4.79 Å². The van der Waals surface area contributed by atoms with Crippen LogP contribution < -0.4 is 5.32 Å². The molecule has 1 aromatic rings. The maximum Gasteiger partial charge on any atom is 0.159 e. The first-order chi connectivity index (χ1) is 8.52. The van der Waals surface area contributed by atoms with Gasteiger partial charge >= 0.3 is 0 Å². The maximum atomic E-state index is 11.6. The molecule has 1 fully saturated rings. The predicted molar refractivity (Wildman–Crippen MR) is 73.1 cm³/mol. The van der Waals surface area contributed by atoms with E-state index in [9.17, 15) is 4.79 Å². The Kier molecular flexibility index (Phi) is 2.60. The molecule has 2 nitrogen and oxygen atoms in total. The van der Waals surface area contributed by atoms with E-state index in [1.54, 1.807) is 6.92 Å². The average molecular weight is 243 g/mol. The van der Waals surface area contributed by atoms with Crippen molar-refractivity contribution in [3.8, 4) is 0 Å². The van der Waals surface area contributed by atoms with Crippen molar-refractivity contribution in [2.24, 2.45) is 5.92 Å². The van der Waals surface area contributed by atoms with Crippen LogP contribution in [0.2, 0.25) is 0 Å². The lowest BCUT2D eigenvalue weighted by Gasteiger charge is -2.50. The molecule has 1 saturated heterocycles. The predicted octanol–water partition coefficient (Wildman–Crippen LogP) is 2.70. The second-order valence-corrected chi connectivity index (χ2v) is 6.15. The normalized spacial score (nSPS) is 33.9. The number of ketones is 1. The Balaban J connectivity index is 2.15. The summed E-state index contributed by atoms with van der Waals surface area (Å²) in [4.78, 5) is 11.6. The molecule has 2 aliphatic rings. The molecule has 0 radical (unpaired) electrons. The van der Waals surface area contributed by atoms with Crippen LogP contribution >= 0.6 is 0 Å². The van der Waals surface area contributed by atoms with Crippen LogP contribution in [-0.4, -0.2) is 18.4 Å². The van der Waals surface area contributed by atoms with Crippen LogP contribution in [0.15, 0.2) is 18.2 Å². The third-order valence-corrected chi connectivity index (χ3v) is 5.23. The van der Waals surface area contributed by atoms with Crippen molar-refractivity contribution < 1.29 is 4.79 Å². The molecular formula is C16H21NO. The highest BCUT2D eigenvalue weighted by molar-refractivity contribution is 5.94. The number of carbonyl (C=O) groups excluding carboxylic acids is 1. The lowest BCUT2D eigenvalue weighted by Crippen LogP contribution is -2.56. The molecule has 2 heteroatoms. The summed E-state index contributed by atoms with van der Waals surface area (Å²) >= 11 is 0. The number of carbonyl (C=O) groups is 1. The van der Waals surface area contributed by atoms with Crippen LogP contribution in [0.5, 0.6) is 0 Å². The van der Waals surface area contributed by atoms with Crippen LogP contribution in [0.25, 0.3) is 0 Å². The van der Waals surface area contributed by atoms with E-state index in [0.29, 0.717) is 12.0 Å². The lowest BCUT2D eigenvalue weighted by atomic mass is 9.59. The van der Waals surface area contributed by atoms with Crippen molar-refractivity contribution >= 4 is 5.78 Å². The van der Waals surface area contributed by atoms with Crippen molar-refractivity contribution in [2.45, 2.75) is 45.1 Å². The molecule has 1 N–H and O–H groups in total. The molecule has 1 aliphatic heterocycles. The fraction of sp³-hybridized carbons (Fsp3) is 0.562. The summed E-state index contributed by atoms with van der Waals surface area (Å²) < 4.78 is 0. The largest absolute Gasteiger partial charge is 0.313 e. The molecule has 0 aromatic heterocycles. The van der Waals surface area contributed by atoms with Gasteiger partial charge in [0.25, 0.3) is 0 Å². The van der Waals surface area contributed by atoms with Gasteiger partial charge in [0, 0.05) is 11.6 Å². The van der Waals surface area contributed by atoms with Crippen LogP contribution in [0.4, 0.5) is 0 Å². The van der Waals surface area contributed by atoms with Crippen molar-refractivity contribution in [1.82, 2.24) is 5.32 Å². The van der Waals surface area contributed by atoms with Gasteiger partial charge in [-0.05, 0) is 54.8 Å². The first-order valence-corrected chi connectivity index (χ1v) is 6.90. The number of benzene rings is 1. The molecule has 0 spiro atoms. The highest BCUT2D eigenvalue weighted by Gasteiger charge is 2.45. The Morgan fingerprint density at radius 1 is 1.44 bits per heavy atom. The van der Waals surface area contributed by atoms with Gasteiger partial charge in [0.1, 0.15) is 0 Å². The zero-order valence-corrected chi connectivity index (χ0v) is 11.4. The minimum atomic E-state index is 0.171. The van der Waals surface area contributed by atoms with Gasteiger partial charge < -0.3 is 5.32 Å². The number of piperidine rings is 1. The second kappa shape index (κ2) is 3.92. The number of rotatable bonds is 1. The summed E-state index contributed by atoms with van der Waals surface area (Å²) in [5.74, 6) is 0.811. The number of hydrogen-bond acceptors (Lipinski definition) is 2. The zero-order chi connectivity index (χ0) is 12.9. The molecule has 0 saturated carbocycles. The Labute approximate surface area is 109 Å². The summed E-state index contributed by atoms with van der Waals surface area (Å²) in [6, 6.07) is 6.89. The smallest absolute Gasteiger partial charge is 0.159 e. The molecule has 1 heterocycles. The SMILES string of the molecule is CC(=O)c1ccc2c(c1)[C@]1(C)CCN[C@H](C2)[C@H]1C. The number of nitrogens with one attached hydrogen (secondary N) is 1. The van der Waals surface area contributed by atoms with Gasteiger partial charge in [0.2, 0.25) is 0 Å². The molecule has 96 valence electrons. The number of hydrogen-bond donors (Lipinski definition) is 1. The van der Waals surface area contributed by atoms with Crippen molar-refractivity contribution in [2.75, 3.05) is 6.54 Å². The van der Waals surface area contributed by atoms with Crippen LogP contribution in [0.3, 0.4) is 0 Å². The van der Waals surface area contributed by atoms with E-state index in [2.05, 4.69) is 31.3 Å². The van der Waals surface area contributed by atoms with E-state index < -0.39 is 0 Å². The molecule has 1 aliphatic carbocycles. The van der Waals surface area contributed by atoms with Gasteiger partial charge in [-0.2, -0.15) is 0 Å². The van der Waals surface area contributed by atoms with Gasteiger partial charge in [0.05, 0.1) is 0 Å². The van der Waals surface area contributed by atoms with Gasteiger partial charge in [-0.15, -0.1) is 0 Å². The Morgan fingerprint density at radius 2 is 2.22 bits per heavy atom. The van der Waals surface area contributed by atoms with Crippen molar-refractivity contribution in [3.05, 3.63) is 34.9 Å². The van der Waals surface area contributed by atoms with Crippen LogP contribution in [0.1, 0.15) is 48.7 Å². The molecule has 0 unspecified atom stereocenters. The Bertz CT molecular complexity index is 508. The third-order valence-electron chi connectivity index (χ3n) is 5.23. The van der Waals surface area contributed by atoms with E-state index in [0.717, 1.165) is 18.5 Å². The third kappa shape index (κ3) is 1.55. The lowest BCUT2D eigenvalue weighted by molar-refractivity contribution is 0.101. The van der Waals surface area contributed by atoms with Gasteiger partial charge in [-0.1, -0.05) is 26.0 Å². The topological polar surface area (TPSA) is 29.1 Å². The summed E-state index contributed by atoms with van der Waals surface area (Å²) in [5.41, 5.74) is 3.94. The van der Waals surface area contributed by atoms with Gasteiger partial charge in [0.15, 0.2) is 5.78 Å². The second-order valence-electron chi connectivity index (χ2n) is 6.15. The maximum absolute atomic E-state index is 11.6. The summed E-state index contributed by atoms with van der Waals surface area (Å²) in [7, 11) is 0. The molecular weight excluding hydrogens is 222 g/mol. The zero-order valence-electron chi connectivity index (χ0n) is 11.4. The van der Waals surface area contributed by atoms with Crippen LogP contribution in [-0.2, 0) is 11.8 Å². The minimum absolute atomic E-state index is 0.171. The summed E-state index contributed by atoms with van der Waals surface area (Å²) in [5, 5.41) is 3.64. The summed E-state index contributed by atoms with van der Waals surface area (Å²) in [6.45, 7) is 7.46. The monoisotopic (exact) mass is 243 g/mol. The Morgan fingerprint density at radius 3 is 2.94 bits per heavy atom. The van der Waals surface area contributed by atoms with E-state index in [4.69, 9.17) is 0 Å². The minimum Gasteiger partial charge on any atom is -0.313 e. The fourth-order valence-electron chi connectivity index (χ4n) is 3.74. The van der Waals surface area contributed by atoms with Gasteiger partial charge in [-0.25, -0.2) is 0 Å². The molecule has 1 aromatic carbocycles. The fourth-order valence-corrected chi connectivity index (χ4v) is 3.74. The standard InChI is InChI=1S/C16H21NO/c1-10-15-9-13-5-4-12(11(2)18)8-14(13)16(10,3)6-7-17-15/h4-5,8,10,15,17H,6-7,9H2,1-3H3/t10-,15-,16-/m1/s1. The quantitative estimate of drug-likeness (QED) is 0.768. The molecule has 18 heavy (non-hydrogen) atoms. The number of Topliss-reactive ketones (excluding diaryl/α,β-unsaturated/α-hetero) is 1. The number of fused-ring (bicyclic) bond motifs is 4. The van der Waals surface area contributed by atoms with Crippen LogP contribution in [0, 0.1) is 5.92 Å².